The predicted molar refractivity (Wildman–Crippen MR) is 136 cm³/mol. The van der Waals surface area contributed by atoms with Gasteiger partial charge in [0.25, 0.3) is 0 Å². The minimum Gasteiger partial charge on any atom is -0.497 e. The minimum atomic E-state index is -3.06. The third-order valence-corrected chi connectivity index (χ3v) is 7.66. The van der Waals surface area contributed by atoms with E-state index in [2.05, 4.69) is 27.7 Å². The molecule has 2 fully saturated rings. The van der Waals surface area contributed by atoms with E-state index in [1.165, 1.54) is 18.4 Å². The van der Waals surface area contributed by atoms with Gasteiger partial charge in [0.05, 0.1) is 25.4 Å². The van der Waals surface area contributed by atoms with Crippen molar-refractivity contribution in [1.82, 2.24) is 19.8 Å². The van der Waals surface area contributed by atoms with Crippen molar-refractivity contribution in [2.45, 2.75) is 32.2 Å². The summed E-state index contributed by atoms with van der Waals surface area (Å²) in [6, 6.07) is 8.46. The van der Waals surface area contributed by atoms with Crippen molar-refractivity contribution < 1.29 is 13.2 Å². The molecule has 31 heavy (non-hydrogen) atoms. The molecule has 10 heteroatoms. The van der Waals surface area contributed by atoms with Crippen molar-refractivity contribution in [2.75, 3.05) is 58.7 Å². The lowest BCUT2D eigenvalue weighted by molar-refractivity contribution is 0.251. The number of nitrogens with zero attached hydrogens (tertiary/aromatic N) is 3. The highest BCUT2D eigenvalue weighted by Gasteiger charge is 2.27. The zero-order valence-electron chi connectivity index (χ0n) is 18.5. The molecule has 0 aliphatic carbocycles. The molecule has 176 valence electrons. The Morgan fingerprint density at radius 3 is 2.42 bits per heavy atom. The van der Waals surface area contributed by atoms with Crippen LogP contribution in [0.1, 0.15) is 37.8 Å². The van der Waals surface area contributed by atoms with E-state index in [1.807, 2.05) is 19.1 Å². The fraction of sp³-hybridized carbons (Fsp3) is 0.667. The number of nitrogens with one attached hydrogen (secondary N) is 2. The summed E-state index contributed by atoms with van der Waals surface area (Å²) >= 11 is 0. The highest BCUT2D eigenvalue weighted by molar-refractivity contribution is 14.0. The number of hydrogen-bond donors (Lipinski definition) is 2. The van der Waals surface area contributed by atoms with Crippen LogP contribution in [0.3, 0.4) is 0 Å². The molecule has 2 aliphatic heterocycles. The first-order valence-electron chi connectivity index (χ1n) is 10.9. The molecule has 0 radical (unpaired) electrons. The lowest BCUT2D eigenvalue weighted by Gasteiger charge is -2.27. The molecular formula is C21H36IN5O3S. The van der Waals surface area contributed by atoms with Crippen LogP contribution >= 0.6 is 24.0 Å². The zero-order chi connectivity index (χ0) is 21.4. The third kappa shape index (κ3) is 7.47. The smallest absolute Gasteiger partial charge is 0.214 e. The van der Waals surface area contributed by atoms with Crippen LogP contribution in [0.2, 0.25) is 0 Å². The zero-order valence-corrected chi connectivity index (χ0v) is 21.7. The summed E-state index contributed by atoms with van der Waals surface area (Å²) in [5, 5.41) is 6.57. The summed E-state index contributed by atoms with van der Waals surface area (Å²) in [6.07, 6.45) is 3.16. The average molecular weight is 566 g/mol. The van der Waals surface area contributed by atoms with Crippen molar-refractivity contribution in [3.63, 3.8) is 0 Å². The monoisotopic (exact) mass is 565 g/mol. The Bertz CT molecular complexity index is 798. The molecule has 0 saturated carbocycles. The maximum Gasteiger partial charge on any atom is 0.214 e. The van der Waals surface area contributed by atoms with E-state index in [0.717, 1.165) is 37.8 Å². The SMILES string of the molecule is CCNC(=NCC(c1ccc(OC)cc1)N1CCCC1)NCCN1CCCS1(=O)=O.I. The Kier molecular flexibility index (Phi) is 10.8. The van der Waals surface area contributed by atoms with Crippen molar-refractivity contribution in [2.24, 2.45) is 4.99 Å². The summed E-state index contributed by atoms with van der Waals surface area (Å²) < 4.78 is 30.8. The Morgan fingerprint density at radius 1 is 1.13 bits per heavy atom. The number of benzene rings is 1. The summed E-state index contributed by atoms with van der Waals surface area (Å²) in [6.45, 7) is 7.24. The van der Waals surface area contributed by atoms with Crippen LogP contribution in [0.4, 0.5) is 0 Å². The number of aliphatic imine (C=N–C) groups is 1. The van der Waals surface area contributed by atoms with Crippen LogP contribution in [0.25, 0.3) is 0 Å². The van der Waals surface area contributed by atoms with Gasteiger partial charge in [0.15, 0.2) is 5.96 Å². The quantitative estimate of drug-likeness (QED) is 0.271. The van der Waals surface area contributed by atoms with Crippen molar-refractivity contribution in [1.29, 1.82) is 0 Å². The number of halogens is 1. The summed E-state index contributed by atoms with van der Waals surface area (Å²) in [5.74, 6) is 1.85. The van der Waals surface area contributed by atoms with Crippen molar-refractivity contribution in [3.05, 3.63) is 29.8 Å². The highest BCUT2D eigenvalue weighted by Crippen LogP contribution is 2.27. The van der Waals surface area contributed by atoms with Gasteiger partial charge in [-0.25, -0.2) is 12.7 Å². The molecule has 0 aromatic heterocycles. The Labute approximate surface area is 203 Å². The van der Waals surface area contributed by atoms with Crippen LogP contribution < -0.4 is 15.4 Å². The standard InChI is InChI=1S/C21H35N5O3S.HI/c1-3-22-21(23-11-15-26-14-6-16-30(26,27)28)24-17-20(25-12-4-5-13-25)18-7-9-19(29-2)10-8-18;/h7-10,20H,3-6,11-17H2,1-2H3,(H2,22,23,24);1H. The molecule has 2 aliphatic rings. The van der Waals surface area contributed by atoms with Crippen LogP contribution in [-0.2, 0) is 10.0 Å². The topological polar surface area (TPSA) is 86.3 Å². The third-order valence-electron chi connectivity index (χ3n) is 5.71. The molecule has 0 amide bonds. The first-order valence-corrected chi connectivity index (χ1v) is 12.5. The average Bonchev–Trinajstić information content (AvgIpc) is 3.38. The first-order chi connectivity index (χ1) is 14.5. The molecule has 1 aromatic carbocycles. The number of likely N-dealkylation sites (tertiary alicyclic amines) is 1. The van der Waals surface area contributed by atoms with Gasteiger partial charge < -0.3 is 15.4 Å². The summed E-state index contributed by atoms with van der Waals surface area (Å²) in [7, 11) is -1.38. The molecule has 1 unspecified atom stereocenters. The minimum absolute atomic E-state index is 0. The molecule has 8 nitrogen and oxygen atoms in total. The van der Waals surface area contributed by atoms with Gasteiger partial charge in [0, 0.05) is 26.2 Å². The van der Waals surface area contributed by atoms with Gasteiger partial charge in [-0.2, -0.15) is 0 Å². The Morgan fingerprint density at radius 2 is 1.84 bits per heavy atom. The largest absolute Gasteiger partial charge is 0.497 e. The number of hydrogen-bond acceptors (Lipinski definition) is 5. The second-order valence-corrected chi connectivity index (χ2v) is 9.84. The van der Waals surface area contributed by atoms with E-state index >= 15 is 0 Å². The van der Waals surface area contributed by atoms with E-state index in [-0.39, 0.29) is 35.8 Å². The van der Waals surface area contributed by atoms with Gasteiger partial charge in [0.1, 0.15) is 5.75 Å². The number of guanidine groups is 1. The molecule has 0 spiro atoms. The maximum absolute atomic E-state index is 12.0. The van der Waals surface area contributed by atoms with Gasteiger partial charge in [-0.05, 0) is 57.0 Å². The maximum atomic E-state index is 12.0. The second kappa shape index (κ2) is 12.8. The van der Waals surface area contributed by atoms with Gasteiger partial charge in [-0.1, -0.05) is 12.1 Å². The van der Waals surface area contributed by atoms with Gasteiger partial charge in [-0.3, -0.25) is 9.89 Å². The Balaban J connectivity index is 0.00000341. The molecular weight excluding hydrogens is 529 g/mol. The second-order valence-electron chi connectivity index (χ2n) is 7.75. The number of ether oxygens (including phenoxy) is 1. The van der Waals surface area contributed by atoms with E-state index in [9.17, 15) is 8.42 Å². The molecule has 1 aromatic rings. The fourth-order valence-corrected chi connectivity index (χ4v) is 5.60. The van der Waals surface area contributed by atoms with Gasteiger partial charge in [-0.15, -0.1) is 24.0 Å². The number of sulfonamides is 1. The normalized spacial score (nSPS) is 20.3. The lowest BCUT2D eigenvalue weighted by Crippen LogP contribution is -2.42. The predicted octanol–water partition coefficient (Wildman–Crippen LogP) is 2.04. The fourth-order valence-electron chi connectivity index (χ4n) is 4.07. The Hall–Kier alpha value is -1.11. The van der Waals surface area contributed by atoms with E-state index in [4.69, 9.17) is 9.73 Å². The number of rotatable bonds is 9. The summed E-state index contributed by atoms with van der Waals surface area (Å²) in [5.41, 5.74) is 1.24. The van der Waals surface area contributed by atoms with Crippen molar-refractivity contribution in [3.8, 4) is 5.75 Å². The number of methoxy groups -OCH3 is 1. The highest BCUT2D eigenvalue weighted by atomic mass is 127. The van der Waals surface area contributed by atoms with Crippen LogP contribution in [0.5, 0.6) is 5.75 Å². The lowest BCUT2D eigenvalue weighted by atomic mass is 10.1. The summed E-state index contributed by atoms with van der Waals surface area (Å²) in [4.78, 5) is 7.32. The molecule has 3 rings (SSSR count). The van der Waals surface area contributed by atoms with Crippen LogP contribution in [0, 0.1) is 0 Å². The van der Waals surface area contributed by atoms with Gasteiger partial charge >= 0.3 is 0 Å². The molecule has 0 bridgehead atoms. The molecule has 2 saturated heterocycles. The van der Waals surface area contributed by atoms with E-state index < -0.39 is 10.0 Å². The molecule has 1 atom stereocenters. The van der Waals surface area contributed by atoms with Crippen LogP contribution in [0.15, 0.2) is 29.3 Å². The van der Waals surface area contributed by atoms with Crippen LogP contribution in [-0.4, -0.2) is 82.3 Å². The van der Waals surface area contributed by atoms with Crippen molar-refractivity contribution >= 4 is 40.0 Å². The van der Waals surface area contributed by atoms with Gasteiger partial charge in [0.2, 0.25) is 10.0 Å². The first kappa shape index (κ1) is 26.1. The molecule has 2 N–H and O–H groups in total. The van der Waals surface area contributed by atoms with E-state index in [1.54, 1.807) is 11.4 Å². The molecule has 2 heterocycles. The van der Waals surface area contributed by atoms with E-state index in [0.29, 0.717) is 26.2 Å².